The standard InChI is InChI=1S/C20H23N3O3/c1-12-5-2-3-7-16(12)23-17-8-4-6-15(17)18(22-23)19(24)21-14-10-9-13(11-14)20(25)26/h2-3,5,7,13-14H,4,6,8-11H2,1H3,(H,21,24)(H,25,26)/t13-,14+/m1/s1. The molecule has 0 unspecified atom stereocenters. The first-order valence-electron chi connectivity index (χ1n) is 9.25. The smallest absolute Gasteiger partial charge is 0.306 e. The van der Waals surface area contributed by atoms with E-state index >= 15 is 0 Å². The van der Waals surface area contributed by atoms with Gasteiger partial charge in [0.2, 0.25) is 0 Å². The molecule has 0 spiro atoms. The van der Waals surface area contributed by atoms with Gasteiger partial charge >= 0.3 is 5.97 Å². The molecule has 2 aliphatic rings. The molecule has 1 aromatic heterocycles. The summed E-state index contributed by atoms with van der Waals surface area (Å²) in [7, 11) is 0. The van der Waals surface area contributed by atoms with Gasteiger partial charge in [-0.1, -0.05) is 18.2 Å². The fraction of sp³-hybridized carbons (Fsp3) is 0.450. The Labute approximate surface area is 152 Å². The topological polar surface area (TPSA) is 84.2 Å². The molecule has 1 fully saturated rings. The maximum absolute atomic E-state index is 12.8. The molecule has 1 heterocycles. The molecule has 2 aliphatic carbocycles. The highest BCUT2D eigenvalue weighted by Crippen LogP contribution is 2.30. The summed E-state index contributed by atoms with van der Waals surface area (Å²) in [5.74, 6) is -1.30. The maximum atomic E-state index is 12.8. The molecular weight excluding hydrogens is 330 g/mol. The van der Waals surface area contributed by atoms with Gasteiger partial charge in [0.25, 0.3) is 5.91 Å². The first-order valence-corrected chi connectivity index (χ1v) is 9.25. The molecule has 1 amide bonds. The van der Waals surface area contributed by atoms with Gasteiger partial charge in [-0.05, 0) is 57.1 Å². The Kier molecular flexibility index (Phi) is 4.26. The SMILES string of the molecule is Cc1ccccc1-n1nc(C(=O)N[C@H]2CC[C@@H](C(=O)O)C2)c2c1CCC2. The summed E-state index contributed by atoms with van der Waals surface area (Å²) in [5, 5.41) is 16.8. The molecule has 6 nitrogen and oxygen atoms in total. The summed E-state index contributed by atoms with van der Waals surface area (Å²) in [5.41, 5.74) is 4.80. The number of nitrogens with zero attached hydrogens (tertiary/aromatic N) is 2. The molecule has 2 aromatic rings. The zero-order chi connectivity index (χ0) is 18.3. The van der Waals surface area contributed by atoms with Crippen LogP contribution in [0.2, 0.25) is 0 Å². The van der Waals surface area contributed by atoms with Gasteiger partial charge in [-0.2, -0.15) is 5.10 Å². The van der Waals surface area contributed by atoms with Crippen LogP contribution in [0.3, 0.4) is 0 Å². The zero-order valence-electron chi connectivity index (χ0n) is 14.9. The van der Waals surface area contributed by atoms with Crippen LogP contribution in [0.4, 0.5) is 0 Å². The third kappa shape index (κ3) is 2.89. The van der Waals surface area contributed by atoms with Crippen LogP contribution in [0.25, 0.3) is 5.69 Å². The van der Waals surface area contributed by atoms with Gasteiger partial charge in [-0.15, -0.1) is 0 Å². The van der Waals surface area contributed by atoms with Crippen molar-refractivity contribution in [2.45, 2.75) is 51.5 Å². The minimum absolute atomic E-state index is 0.0794. The average molecular weight is 353 g/mol. The van der Waals surface area contributed by atoms with Crippen LogP contribution in [0, 0.1) is 12.8 Å². The Hall–Kier alpha value is -2.63. The molecule has 2 atom stereocenters. The van der Waals surface area contributed by atoms with E-state index in [1.807, 2.05) is 35.9 Å². The van der Waals surface area contributed by atoms with Gasteiger partial charge < -0.3 is 10.4 Å². The summed E-state index contributed by atoms with van der Waals surface area (Å²) in [6.07, 6.45) is 4.66. The van der Waals surface area contributed by atoms with Crippen molar-refractivity contribution >= 4 is 11.9 Å². The first-order chi connectivity index (χ1) is 12.5. The second kappa shape index (κ2) is 6.59. The van der Waals surface area contributed by atoms with E-state index in [0.717, 1.165) is 41.8 Å². The van der Waals surface area contributed by atoms with E-state index in [-0.39, 0.29) is 17.9 Å². The number of nitrogens with one attached hydrogen (secondary N) is 1. The lowest BCUT2D eigenvalue weighted by Crippen LogP contribution is -2.34. The van der Waals surface area contributed by atoms with E-state index in [1.54, 1.807) is 0 Å². The van der Waals surface area contributed by atoms with Crippen LogP contribution in [-0.4, -0.2) is 32.8 Å². The largest absolute Gasteiger partial charge is 0.481 e. The maximum Gasteiger partial charge on any atom is 0.306 e. The third-order valence-corrected chi connectivity index (χ3v) is 5.61. The number of amides is 1. The van der Waals surface area contributed by atoms with Crippen molar-refractivity contribution in [1.29, 1.82) is 0 Å². The molecule has 6 heteroatoms. The fourth-order valence-corrected chi connectivity index (χ4v) is 4.21. The lowest BCUT2D eigenvalue weighted by atomic mass is 10.1. The Bertz CT molecular complexity index is 871. The van der Waals surface area contributed by atoms with E-state index < -0.39 is 5.97 Å². The minimum Gasteiger partial charge on any atom is -0.481 e. The van der Waals surface area contributed by atoms with E-state index in [2.05, 4.69) is 10.4 Å². The molecule has 0 bridgehead atoms. The number of hydrogen-bond donors (Lipinski definition) is 2. The van der Waals surface area contributed by atoms with E-state index in [9.17, 15) is 9.59 Å². The fourth-order valence-electron chi connectivity index (χ4n) is 4.21. The Morgan fingerprint density at radius 1 is 1.23 bits per heavy atom. The molecule has 0 aliphatic heterocycles. The van der Waals surface area contributed by atoms with Gasteiger partial charge in [0.1, 0.15) is 0 Å². The van der Waals surface area contributed by atoms with Crippen molar-refractivity contribution in [2.75, 3.05) is 0 Å². The van der Waals surface area contributed by atoms with E-state index in [0.29, 0.717) is 25.0 Å². The van der Waals surface area contributed by atoms with E-state index in [4.69, 9.17) is 5.11 Å². The number of carbonyl (C=O) groups is 2. The Morgan fingerprint density at radius 3 is 2.77 bits per heavy atom. The zero-order valence-corrected chi connectivity index (χ0v) is 14.9. The third-order valence-electron chi connectivity index (χ3n) is 5.61. The number of rotatable bonds is 4. The number of carboxylic acid groups (broad SMARTS) is 1. The van der Waals surface area contributed by atoms with Crippen LogP contribution >= 0.6 is 0 Å². The number of hydrogen-bond acceptors (Lipinski definition) is 3. The summed E-state index contributed by atoms with van der Waals surface area (Å²) in [6.45, 7) is 2.04. The molecule has 136 valence electrons. The van der Waals surface area contributed by atoms with Gasteiger partial charge in [-0.3, -0.25) is 9.59 Å². The second-order valence-corrected chi connectivity index (χ2v) is 7.34. The number of aliphatic carboxylic acids is 1. The Balaban J connectivity index is 1.60. The van der Waals surface area contributed by atoms with Crippen LogP contribution in [0.1, 0.15) is 53.0 Å². The number of benzene rings is 1. The van der Waals surface area contributed by atoms with Gasteiger partial charge in [0.05, 0.1) is 11.6 Å². The molecular formula is C20H23N3O3. The highest BCUT2D eigenvalue weighted by molar-refractivity contribution is 5.94. The van der Waals surface area contributed by atoms with Crippen molar-refractivity contribution in [3.63, 3.8) is 0 Å². The number of fused-ring (bicyclic) bond motifs is 1. The summed E-state index contributed by atoms with van der Waals surface area (Å²) in [6, 6.07) is 7.97. The Morgan fingerprint density at radius 2 is 2.04 bits per heavy atom. The van der Waals surface area contributed by atoms with Crippen LogP contribution < -0.4 is 5.32 Å². The molecule has 1 saturated carbocycles. The minimum atomic E-state index is -0.772. The lowest BCUT2D eigenvalue weighted by Gasteiger charge is -2.12. The monoisotopic (exact) mass is 353 g/mol. The number of carboxylic acids is 1. The molecule has 1 aromatic carbocycles. The lowest BCUT2D eigenvalue weighted by molar-refractivity contribution is -0.141. The molecule has 0 radical (unpaired) electrons. The number of carbonyl (C=O) groups excluding carboxylic acids is 1. The van der Waals surface area contributed by atoms with Gasteiger partial charge in [0.15, 0.2) is 5.69 Å². The second-order valence-electron chi connectivity index (χ2n) is 7.34. The number of aryl methyl sites for hydroxylation is 1. The average Bonchev–Trinajstić information content (AvgIpc) is 3.31. The van der Waals surface area contributed by atoms with Crippen molar-refractivity contribution in [1.82, 2.24) is 15.1 Å². The highest BCUT2D eigenvalue weighted by Gasteiger charge is 2.33. The summed E-state index contributed by atoms with van der Waals surface area (Å²) < 4.78 is 1.92. The highest BCUT2D eigenvalue weighted by atomic mass is 16.4. The normalized spacial score (nSPS) is 21.6. The molecule has 4 rings (SSSR count). The van der Waals surface area contributed by atoms with E-state index in [1.165, 1.54) is 0 Å². The molecule has 2 N–H and O–H groups in total. The van der Waals surface area contributed by atoms with Crippen LogP contribution in [0.5, 0.6) is 0 Å². The number of para-hydroxylation sites is 1. The first kappa shape index (κ1) is 16.8. The summed E-state index contributed by atoms with van der Waals surface area (Å²) >= 11 is 0. The predicted octanol–water partition coefficient (Wildman–Crippen LogP) is 2.65. The number of aromatic nitrogens is 2. The van der Waals surface area contributed by atoms with Gasteiger partial charge in [-0.25, -0.2) is 4.68 Å². The quantitative estimate of drug-likeness (QED) is 0.885. The summed E-state index contributed by atoms with van der Waals surface area (Å²) in [4.78, 5) is 24.0. The van der Waals surface area contributed by atoms with Crippen molar-refractivity contribution < 1.29 is 14.7 Å². The van der Waals surface area contributed by atoms with Gasteiger partial charge in [0, 0.05) is 17.3 Å². The van der Waals surface area contributed by atoms with Crippen LogP contribution in [0.15, 0.2) is 24.3 Å². The molecule has 0 saturated heterocycles. The van der Waals surface area contributed by atoms with Crippen molar-refractivity contribution in [2.24, 2.45) is 5.92 Å². The molecule has 26 heavy (non-hydrogen) atoms. The van der Waals surface area contributed by atoms with Crippen LogP contribution in [-0.2, 0) is 17.6 Å². The predicted molar refractivity (Wildman–Crippen MR) is 96.6 cm³/mol. The van der Waals surface area contributed by atoms with Crippen molar-refractivity contribution in [3.8, 4) is 5.69 Å². The van der Waals surface area contributed by atoms with Crippen molar-refractivity contribution in [3.05, 3.63) is 46.8 Å².